The first-order chi connectivity index (χ1) is 8.32. The standard InChI is InChI=1S/C12H9IO3P/c13-17(10-4-1-7-14-10,11-5-2-8-15-11)12-6-3-9-16-12/h1-9H/q+1. The van der Waals surface area contributed by atoms with E-state index in [0.717, 1.165) is 16.5 Å². The summed E-state index contributed by atoms with van der Waals surface area (Å²) in [5, 5.41) is 0. The van der Waals surface area contributed by atoms with Crippen LogP contribution in [0.25, 0.3) is 0 Å². The summed E-state index contributed by atoms with van der Waals surface area (Å²) in [6, 6.07) is 11.5. The van der Waals surface area contributed by atoms with E-state index in [2.05, 4.69) is 22.0 Å². The summed E-state index contributed by atoms with van der Waals surface area (Å²) >= 11 is 2.39. The molecule has 0 aliphatic rings. The Labute approximate surface area is 112 Å². The highest BCUT2D eigenvalue weighted by molar-refractivity contribution is 14.2. The molecule has 3 heterocycles. The largest absolute Gasteiger partial charge is 0.434 e. The van der Waals surface area contributed by atoms with Crippen molar-refractivity contribution < 1.29 is 13.3 Å². The summed E-state index contributed by atoms with van der Waals surface area (Å²) in [6.07, 6.45) is 5.03. The van der Waals surface area contributed by atoms with Crippen LogP contribution in [0, 0.1) is 0 Å². The molecule has 0 bridgehead atoms. The summed E-state index contributed by atoms with van der Waals surface area (Å²) in [5.41, 5.74) is 2.68. The maximum Gasteiger partial charge on any atom is 0.284 e. The quantitative estimate of drug-likeness (QED) is 0.533. The summed E-state index contributed by atoms with van der Waals surface area (Å²) in [6.45, 7) is 0. The topological polar surface area (TPSA) is 39.4 Å². The Morgan fingerprint density at radius 3 is 1.29 bits per heavy atom. The summed E-state index contributed by atoms with van der Waals surface area (Å²) < 4.78 is 16.7. The third-order valence-electron chi connectivity index (χ3n) is 2.43. The summed E-state index contributed by atoms with van der Waals surface area (Å²) in [5.74, 6) is 0. The molecule has 0 atom stereocenters. The molecule has 0 aromatic carbocycles. The Bertz CT molecular complexity index is 485. The lowest BCUT2D eigenvalue weighted by Gasteiger charge is -2.09. The third-order valence-corrected chi connectivity index (χ3v) is 9.29. The average molecular weight is 359 g/mol. The van der Waals surface area contributed by atoms with Crippen molar-refractivity contribution >= 4 is 43.4 Å². The fourth-order valence-corrected chi connectivity index (χ4v) is 6.28. The molecule has 3 nitrogen and oxygen atoms in total. The second-order valence-electron chi connectivity index (χ2n) is 3.44. The van der Waals surface area contributed by atoms with Crippen molar-refractivity contribution in [1.29, 1.82) is 0 Å². The SMILES string of the molecule is I[P+](c1ccco1)(c1ccco1)c1ccco1. The minimum Gasteiger partial charge on any atom is -0.434 e. The van der Waals surface area contributed by atoms with E-state index in [1.54, 1.807) is 18.8 Å². The van der Waals surface area contributed by atoms with Gasteiger partial charge in [0, 0.05) is 18.2 Å². The maximum absolute atomic E-state index is 5.57. The first-order valence-corrected chi connectivity index (χ1v) is 9.60. The van der Waals surface area contributed by atoms with Gasteiger partial charge in [-0.25, -0.2) is 0 Å². The lowest BCUT2D eigenvalue weighted by atomic mass is 10.7. The first-order valence-electron chi connectivity index (χ1n) is 5.03. The maximum atomic E-state index is 5.57. The number of halogens is 1. The second-order valence-corrected chi connectivity index (χ2v) is 10.3. The van der Waals surface area contributed by atoms with Gasteiger partial charge in [0.1, 0.15) is 0 Å². The molecular formula is C12H9IO3P+. The predicted molar refractivity (Wildman–Crippen MR) is 76.0 cm³/mol. The average Bonchev–Trinajstić information content (AvgIpc) is 3.10. The van der Waals surface area contributed by atoms with Crippen molar-refractivity contribution in [2.24, 2.45) is 0 Å². The molecule has 3 aromatic rings. The molecule has 0 amide bonds. The van der Waals surface area contributed by atoms with Crippen molar-refractivity contribution in [1.82, 2.24) is 0 Å². The first kappa shape index (κ1) is 11.1. The van der Waals surface area contributed by atoms with E-state index in [-0.39, 0.29) is 0 Å². The predicted octanol–water partition coefficient (Wildman–Crippen LogP) is 3.11. The van der Waals surface area contributed by atoms with Crippen molar-refractivity contribution in [3.63, 3.8) is 0 Å². The van der Waals surface area contributed by atoms with Gasteiger partial charge < -0.3 is 13.3 Å². The molecule has 0 saturated heterocycles. The monoisotopic (exact) mass is 359 g/mol. The van der Waals surface area contributed by atoms with Crippen molar-refractivity contribution in [2.75, 3.05) is 0 Å². The Balaban J connectivity index is 2.21. The molecule has 0 unspecified atom stereocenters. The van der Waals surface area contributed by atoms with E-state index in [1.165, 1.54) is 0 Å². The van der Waals surface area contributed by atoms with Crippen LogP contribution in [0.4, 0.5) is 0 Å². The van der Waals surface area contributed by atoms with E-state index in [4.69, 9.17) is 13.3 Å². The fraction of sp³-hybridized carbons (Fsp3) is 0. The Hall–Kier alpha value is -1.00. The zero-order valence-electron chi connectivity index (χ0n) is 8.75. The second kappa shape index (κ2) is 4.35. The van der Waals surface area contributed by atoms with E-state index in [1.807, 2.05) is 36.4 Å². The normalized spacial score (nSPS) is 11.8. The molecule has 0 aliphatic heterocycles. The van der Waals surface area contributed by atoms with E-state index in [9.17, 15) is 0 Å². The third kappa shape index (κ3) is 1.76. The van der Waals surface area contributed by atoms with Crippen LogP contribution in [0.15, 0.2) is 68.4 Å². The Kier molecular flexibility index (Phi) is 2.84. The van der Waals surface area contributed by atoms with Gasteiger partial charge in [-0.05, 0) is 18.2 Å². The Morgan fingerprint density at radius 1 is 0.706 bits per heavy atom. The van der Waals surface area contributed by atoms with Gasteiger partial charge in [-0.2, -0.15) is 0 Å². The molecular weight excluding hydrogens is 350 g/mol. The van der Waals surface area contributed by atoms with Crippen molar-refractivity contribution in [2.45, 2.75) is 0 Å². The van der Waals surface area contributed by atoms with Crippen LogP contribution in [-0.4, -0.2) is 0 Å². The smallest absolute Gasteiger partial charge is 0.284 e. The highest BCUT2D eigenvalue weighted by atomic mass is 127. The van der Waals surface area contributed by atoms with E-state index in [0.29, 0.717) is 0 Å². The van der Waals surface area contributed by atoms with Crippen LogP contribution in [0.3, 0.4) is 0 Å². The lowest BCUT2D eigenvalue weighted by molar-refractivity contribution is 0.584. The number of hydrogen-bond donors (Lipinski definition) is 0. The Morgan fingerprint density at radius 2 is 1.06 bits per heavy atom. The molecule has 0 N–H and O–H groups in total. The number of furan rings is 3. The zero-order chi connectivity index (χ0) is 11.7. The fourth-order valence-electron chi connectivity index (χ4n) is 1.66. The highest BCUT2D eigenvalue weighted by Crippen LogP contribution is 2.63. The number of rotatable bonds is 3. The van der Waals surface area contributed by atoms with Gasteiger partial charge in [0.15, 0.2) is 22.0 Å². The number of hydrogen-bond acceptors (Lipinski definition) is 3. The van der Waals surface area contributed by atoms with Crippen molar-refractivity contribution in [3.05, 3.63) is 55.2 Å². The minimum absolute atomic E-state index is 0.892. The molecule has 0 fully saturated rings. The van der Waals surface area contributed by atoms with Crippen LogP contribution in [0.5, 0.6) is 0 Å². The van der Waals surface area contributed by atoms with Gasteiger partial charge in [0.05, 0.1) is 18.8 Å². The van der Waals surface area contributed by atoms with Gasteiger partial charge in [-0.15, -0.1) is 0 Å². The highest BCUT2D eigenvalue weighted by Gasteiger charge is 2.52. The minimum atomic E-state index is -1.91. The summed E-state index contributed by atoms with van der Waals surface area (Å²) in [4.78, 5) is -1.91. The van der Waals surface area contributed by atoms with Crippen molar-refractivity contribution in [3.8, 4) is 0 Å². The lowest BCUT2D eigenvalue weighted by Crippen LogP contribution is -2.23. The van der Waals surface area contributed by atoms with Crippen LogP contribution < -0.4 is 16.5 Å². The van der Waals surface area contributed by atoms with Gasteiger partial charge in [-0.3, -0.25) is 0 Å². The zero-order valence-corrected chi connectivity index (χ0v) is 11.8. The van der Waals surface area contributed by atoms with Gasteiger partial charge in [0.2, 0.25) is 0 Å². The molecule has 3 rings (SSSR count). The van der Waals surface area contributed by atoms with Crippen LogP contribution in [-0.2, 0) is 0 Å². The molecule has 17 heavy (non-hydrogen) atoms. The summed E-state index contributed by atoms with van der Waals surface area (Å²) in [7, 11) is 0. The van der Waals surface area contributed by atoms with E-state index < -0.39 is 4.90 Å². The molecule has 0 saturated carbocycles. The van der Waals surface area contributed by atoms with Crippen LogP contribution in [0.2, 0.25) is 0 Å². The molecule has 86 valence electrons. The van der Waals surface area contributed by atoms with E-state index >= 15 is 0 Å². The van der Waals surface area contributed by atoms with Gasteiger partial charge in [-0.1, -0.05) is 0 Å². The molecule has 3 aromatic heterocycles. The molecule has 5 heteroatoms. The van der Waals surface area contributed by atoms with Gasteiger partial charge >= 0.3 is 0 Å². The molecule has 0 spiro atoms. The molecule has 0 aliphatic carbocycles. The van der Waals surface area contributed by atoms with Gasteiger partial charge in [0.25, 0.3) is 21.4 Å². The molecule has 0 radical (unpaired) electrons. The van der Waals surface area contributed by atoms with Crippen LogP contribution in [0.1, 0.15) is 0 Å². The van der Waals surface area contributed by atoms with Crippen LogP contribution >= 0.6 is 26.9 Å².